The Hall–Kier alpha value is -14.4. The van der Waals surface area contributed by atoms with E-state index in [4.69, 9.17) is 6.57 Å². The molecule has 0 aliphatic carbocycles. The van der Waals surface area contributed by atoms with Crippen molar-refractivity contribution < 1.29 is 0 Å². The standard InChI is InChI=1S/C55H33N5.C38H22N4/c56-34-43-54(59-48-29-13-5-21-39(48)40-22-6-14-30-49(40)59)52(57-44-25-9-1-17-35(44)36-18-2-10-26-45(36)57)33-53(58-46-27-11-3-19-37(46)38-20-4-12-28-47(38)58)55(43)60-50-31-15-7-23-41(50)42-24-8-16-32-51(42)60;1-40-28-9-7-11-30(23-28)42-36-15-5-3-13-32(36)34-22-27(17-19-38(34)42)26-16-18-37-33(21-26)31-12-2-4-14-35(31)41(37)29-10-6-8-25(20-29)24-39/h1-33H;2-23H. The zero-order valence-corrected chi connectivity index (χ0v) is 54.8. The third-order valence-corrected chi connectivity index (χ3v) is 20.7. The van der Waals surface area contributed by atoms with Crippen molar-refractivity contribution in [2.75, 3.05) is 0 Å². The minimum Gasteiger partial charge on any atom is -0.311 e. The van der Waals surface area contributed by atoms with Crippen molar-refractivity contribution in [3.05, 3.63) is 356 Å². The van der Waals surface area contributed by atoms with E-state index < -0.39 is 0 Å². The Morgan fingerprint density at radius 3 is 0.843 bits per heavy atom. The molecule has 6 heterocycles. The topological polar surface area (TPSA) is 81.5 Å². The molecule has 0 N–H and O–H groups in total. The molecule has 21 aromatic rings. The minimum atomic E-state index is 0.573. The molecule has 9 nitrogen and oxygen atoms in total. The number of para-hydroxylation sites is 10. The highest BCUT2D eigenvalue weighted by atomic mass is 15.1. The summed E-state index contributed by atoms with van der Waals surface area (Å²) in [4.78, 5) is 3.65. The van der Waals surface area contributed by atoms with E-state index in [1.807, 2.05) is 36.4 Å². The second-order valence-electron chi connectivity index (χ2n) is 26.0. The summed E-state index contributed by atoms with van der Waals surface area (Å²) in [5.74, 6) is 0. The van der Waals surface area contributed by atoms with E-state index >= 15 is 0 Å². The maximum absolute atomic E-state index is 12.2. The number of fused-ring (bicyclic) bond motifs is 18. The number of rotatable bonds is 7. The van der Waals surface area contributed by atoms with Gasteiger partial charge in [0.2, 0.25) is 0 Å². The first-order valence-electron chi connectivity index (χ1n) is 34.1. The molecule has 9 heteroatoms. The molecule has 21 rings (SSSR count). The molecule has 0 saturated carbocycles. The average Bonchev–Trinajstić information content (AvgIpc) is 1.50. The van der Waals surface area contributed by atoms with Crippen LogP contribution in [-0.4, -0.2) is 27.4 Å². The molecule has 0 spiro atoms. The number of benzene rings is 15. The predicted octanol–water partition coefficient (Wildman–Crippen LogP) is 23.9. The van der Waals surface area contributed by atoms with Gasteiger partial charge in [-0.1, -0.05) is 212 Å². The van der Waals surface area contributed by atoms with Crippen LogP contribution in [0.3, 0.4) is 0 Å². The first-order chi connectivity index (χ1) is 50.5. The van der Waals surface area contributed by atoms with Crippen LogP contribution < -0.4 is 0 Å². The monoisotopic (exact) mass is 1300 g/mol. The van der Waals surface area contributed by atoms with Gasteiger partial charge in [-0.2, -0.15) is 10.5 Å². The number of nitriles is 2. The summed E-state index contributed by atoms with van der Waals surface area (Å²) in [6.45, 7) is 7.49. The Morgan fingerprint density at radius 1 is 0.235 bits per heavy atom. The summed E-state index contributed by atoms with van der Waals surface area (Å²) < 4.78 is 13.9. The van der Waals surface area contributed by atoms with Gasteiger partial charge in [-0.3, -0.25) is 0 Å². The average molecular weight is 1300 g/mol. The van der Waals surface area contributed by atoms with Gasteiger partial charge in [0, 0.05) is 76.0 Å². The number of aromatic nitrogens is 6. The Balaban J connectivity index is 0.000000146. The van der Waals surface area contributed by atoms with Gasteiger partial charge in [-0.05, 0) is 132 Å². The van der Waals surface area contributed by atoms with Crippen LogP contribution in [0.25, 0.3) is 181 Å². The molecule has 6 aromatic heterocycles. The lowest BCUT2D eigenvalue weighted by Crippen LogP contribution is -2.13. The largest absolute Gasteiger partial charge is 0.311 e. The smallest absolute Gasteiger partial charge is 0.189 e. The highest BCUT2D eigenvalue weighted by Gasteiger charge is 2.31. The Labute approximate surface area is 584 Å². The molecule has 0 aliphatic rings. The molecule has 0 radical (unpaired) electrons. The van der Waals surface area contributed by atoms with Crippen LogP contribution in [0.4, 0.5) is 5.69 Å². The number of hydrogen-bond donors (Lipinski definition) is 0. The van der Waals surface area contributed by atoms with E-state index in [-0.39, 0.29) is 0 Å². The molecular weight excluding hydrogens is 1240 g/mol. The highest BCUT2D eigenvalue weighted by Crippen LogP contribution is 2.48. The van der Waals surface area contributed by atoms with Gasteiger partial charge in [0.15, 0.2) is 5.69 Å². The lowest BCUT2D eigenvalue weighted by Gasteiger charge is -2.25. The molecule has 472 valence electrons. The molecule has 0 bridgehead atoms. The minimum absolute atomic E-state index is 0.573. The molecule has 0 fully saturated rings. The molecule has 15 aromatic carbocycles. The molecule has 102 heavy (non-hydrogen) atoms. The van der Waals surface area contributed by atoms with Crippen LogP contribution in [0.15, 0.2) is 334 Å². The number of nitrogens with zero attached hydrogens (tertiary/aromatic N) is 9. The fourth-order valence-electron chi connectivity index (χ4n) is 16.5. The molecule has 0 unspecified atom stereocenters. The molecule has 0 aliphatic heterocycles. The van der Waals surface area contributed by atoms with Crippen molar-refractivity contribution in [3.63, 3.8) is 0 Å². The van der Waals surface area contributed by atoms with Gasteiger partial charge in [0.1, 0.15) is 11.6 Å². The van der Waals surface area contributed by atoms with E-state index in [0.29, 0.717) is 16.8 Å². The maximum atomic E-state index is 12.2. The zero-order valence-electron chi connectivity index (χ0n) is 54.8. The zero-order chi connectivity index (χ0) is 67.7. The Bertz CT molecular complexity index is 6620. The van der Waals surface area contributed by atoms with Crippen molar-refractivity contribution in [1.29, 1.82) is 10.5 Å². The van der Waals surface area contributed by atoms with Crippen LogP contribution in [0.2, 0.25) is 0 Å². The van der Waals surface area contributed by atoms with Gasteiger partial charge in [0.05, 0.1) is 107 Å². The normalized spacial score (nSPS) is 11.7. The van der Waals surface area contributed by atoms with Gasteiger partial charge in [0.25, 0.3) is 0 Å². The van der Waals surface area contributed by atoms with Gasteiger partial charge >= 0.3 is 0 Å². The summed E-state index contributed by atoms with van der Waals surface area (Å²) in [5, 5.41) is 35.6. The maximum Gasteiger partial charge on any atom is 0.189 e. The summed E-state index contributed by atoms with van der Waals surface area (Å²) in [6.07, 6.45) is 0. The Kier molecular flexibility index (Phi) is 12.9. The highest BCUT2D eigenvalue weighted by molar-refractivity contribution is 6.17. The van der Waals surface area contributed by atoms with Crippen LogP contribution in [0, 0.1) is 29.2 Å². The van der Waals surface area contributed by atoms with Crippen LogP contribution in [-0.2, 0) is 0 Å². The Morgan fingerprint density at radius 2 is 0.520 bits per heavy atom. The molecule has 0 amide bonds. The third kappa shape index (κ3) is 8.55. The predicted molar refractivity (Wildman–Crippen MR) is 420 cm³/mol. The quantitative estimate of drug-likeness (QED) is 0.149. The van der Waals surface area contributed by atoms with Crippen molar-refractivity contribution in [1.82, 2.24) is 27.4 Å². The lowest BCUT2D eigenvalue weighted by atomic mass is 10.0. The van der Waals surface area contributed by atoms with Gasteiger partial charge in [-0.15, -0.1) is 0 Å². The van der Waals surface area contributed by atoms with Crippen LogP contribution in [0.5, 0.6) is 0 Å². The lowest BCUT2D eigenvalue weighted by molar-refractivity contribution is 1.03. The molecule has 0 atom stereocenters. The molecular formula is C93H55N9. The first kappa shape index (κ1) is 57.8. The summed E-state index contributed by atoms with van der Waals surface area (Å²) >= 11 is 0. The summed E-state index contributed by atoms with van der Waals surface area (Å²) in [5.41, 5.74) is 22.4. The third-order valence-electron chi connectivity index (χ3n) is 20.7. The van der Waals surface area contributed by atoms with Crippen molar-refractivity contribution in [2.24, 2.45) is 0 Å². The van der Waals surface area contributed by atoms with Crippen molar-refractivity contribution >= 4 is 137 Å². The van der Waals surface area contributed by atoms with Crippen molar-refractivity contribution in [2.45, 2.75) is 0 Å². The molecule has 0 saturated heterocycles. The van der Waals surface area contributed by atoms with Crippen molar-refractivity contribution in [3.8, 4) is 57.4 Å². The van der Waals surface area contributed by atoms with Gasteiger partial charge in [-0.25, -0.2) is 4.85 Å². The second-order valence-corrected chi connectivity index (χ2v) is 26.0. The summed E-state index contributed by atoms with van der Waals surface area (Å²) in [6, 6.07) is 122. The van der Waals surface area contributed by atoms with Crippen LogP contribution in [0.1, 0.15) is 11.1 Å². The number of hydrogen-bond acceptors (Lipinski definition) is 2. The fraction of sp³-hybridized carbons (Fsp3) is 0. The first-order valence-corrected chi connectivity index (χ1v) is 34.1. The van der Waals surface area contributed by atoms with E-state index in [0.717, 1.165) is 155 Å². The van der Waals surface area contributed by atoms with E-state index in [1.54, 1.807) is 0 Å². The van der Waals surface area contributed by atoms with E-state index in [2.05, 4.69) is 342 Å². The van der Waals surface area contributed by atoms with E-state index in [9.17, 15) is 10.5 Å². The summed E-state index contributed by atoms with van der Waals surface area (Å²) in [7, 11) is 0. The van der Waals surface area contributed by atoms with E-state index in [1.165, 1.54) is 21.5 Å². The van der Waals surface area contributed by atoms with Gasteiger partial charge < -0.3 is 27.4 Å². The second kappa shape index (κ2) is 22.8. The SMILES string of the molecule is N#Cc1c(-n2c3ccccc3c3ccccc32)c(-n2c3ccccc3c3ccccc32)cc(-n2c3ccccc3c3ccccc32)c1-n1c2ccccc2c2ccccc21.[C-]#[N+]c1cccc(-n2c3ccccc3c3cc(-c4ccc5c(c4)c4ccccc4n5-c4cccc(C#N)c4)ccc32)c1. The van der Waals surface area contributed by atoms with Crippen LogP contribution >= 0.6 is 0 Å². The fourth-order valence-corrected chi connectivity index (χ4v) is 16.5.